The second-order valence-electron chi connectivity index (χ2n) is 1.05. The molecule has 0 radical (unpaired) electrons. The normalized spacial score (nSPS) is 11.2. The Bertz CT molecular complexity index is 93.3. The number of hydrogen-bond donors (Lipinski definition) is 0. The molecular weight excluding hydrogens is 334 g/mol. The van der Waals surface area contributed by atoms with Crippen LogP contribution in [0.5, 0.6) is 0 Å². The molecule has 48 valence electrons. The zero-order valence-electron chi connectivity index (χ0n) is 4.56. The highest BCUT2D eigenvalue weighted by Gasteiger charge is 1.94. The van der Waals surface area contributed by atoms with Crippen molar-refractivity contribution in [2.75, 3.05) is 7.11 Å². The minimum Gasteiger partial charge on any atom is -0.398 e. The number of hydrogen-bond acceptors (Lipinski definition) is 2. The van der Waals surface area contributed by atoms with Gasteiger partial charge < -0.3 is 4.84 Å². The molecule has 0 bridgehead atoms. The molecule has 5 heteroatoms. The first-order valence-corrected chi connectivity index (χ1v) is 3.81. The van der Waals surface area contributed by atoms with E-state index in [4.69, 9.17) is 0 Å². The minimum atomic E-state index is 0.841. The lowest BCUT2D eigenvalue weighted by Crippen LogP contribution is -2.03. The number of halogens is 2. The van der Waals surface area contributed by atoms with E-state index in [1.54, 1.807) is 0 Å². The zero-order chi connectivity index (χ0) is 6.57. The first-order chi connectivity index (χ1) is 3.68. The summed E-state index contributed by atoms with van der Waals surface area (Å²) >= 11 is 4.20. The molecule has 0 aromatic heterocycles. The predicted molar refractivity (Wildman–Crippen MR) is 50.0 cm³/mol. The third-order valence-corrected chi connectivity index (χ3v) is 1.86. The van der Waals surface area contributed by atoms with Gasteiger partial charge in [0.05, 0.1) is 45.7 Å². The van der Waals surface area contributed by atoms with Crippen LogP contribution in [0.15, 0.2) is 5.16 Å². The Labute approximate surface area is 76.4 Å². The second-order valence-corrected chi connectivity index (χ2v) is 4.83. The molecule has 8 heavy (non-hydrogen) atoms. The zero-order valence-corrected chi connectivity index (χ0v) is 8.87. The fourth-order valence-corrected chi connectivity index (χ4v) is 0.339. The van der Waals surface area contributed by atoms with E-state index >= 15 is 0 Å². The lowest BCUT2D eigenvalue weighted by atomic mass is 10.7. The molecule has 0 aliphatic carbocycles. The van der Waals surface area contributed by atoms with Crippen LogP contribution in [0.1, 0.15) is 6.92 Å². The maximum absolute atomic E-state index is 4.50. The minimum absolute atomic E-state index is 0.841. The highest BCUT2D eigenvalue weighted by molar-refractivity contribution is 14.2. The van der Waals surface area contributed by atoms with Crippen LogP contribution in [0.25, 0.3) is 0 Å². The van der Waals surface area contributed by atoms with E-state index in [1.807, 2.05) is 8.25 Å². The molecule has 0 fully saturated rings. The number of oxime groups is 1. The van der Waals surface area contributed by atoms with Crippen LogP contribution in [-0.2, 0) is 4.84 Å². The molecule has 0 heterocycles. The second kappa shape index (κ2) is 4.59. The van der Waals surface area contributed by atoms with Crippen molar-refractivity contribution in [2.45, 2.75) is 6.92 Å². The summed E-state index contributed by atoms with van der Waals surface area (Å²) in [5.74, 6) is 0.841. The summed E-state index contributed by atoms with van der Waals surface area (Å²) in [5, 5.41) is 3.65. The average Bonchev–Trinajstić information content (AvgIpc) is 1.67. The molecule has 3 nitrogen and oxygen atoms in total. The van der Waals surface area contributed by atoms with Gasteiger partial charge in [-0.2, -0.15) is 0 Å². The summed E-state index contributed by atoms with van der Waals surface area (Å²) in [5.41, 5.74) is 0. The summed E-state index contributed by atoms with van der Waals surface area (Å²) in [7, 11) is 1.53. The lowest BCUT2D eigenvalue weighted by molar-refractivity contribution is 0.211. The van der Waals surface area contributed by atoms with E-state index in [9.17, 15) is 0 Å². The van der Waals surface area contributed by atoms with Crippen LogP contribution in [0, 0.1) is 0 Å². The smallest absolute Gasteiger partial charge is 0.159 e. The first-order valence-electron chi connectivity index (χ1n) is 1.88. The molecule has 0 amide bonds. The fraction of sp³-hybridized carbons (Fsp3) is 0.667. The molecule has 0 aliphatic rings. The van der Waals surface area contributed by atoms with Crippen molar-refractivity contribution in [1.82, 2.24) is 1.33 Å². The highest BCUT2D eigenvalue weighted by atomic mass is 127. The Morgan fingerprint density at radius 1 is 1.62 bits per heavy atom. The van der Waals surface area contributed by atoms with Gasteiger partial charge in [0.2, 0.25) is 0 Å². The van der Waals surface area contributed by atoms with Crippen molar-refractivity contribution in [2.24, 2.45) is 5.16 Å². The fourth-order valence-electron chi connectivity index (χ4n) is 0.163. The van der Waals surface area contributed by atoms with E-state index in [1.165, 1.54) is 7.11 Å². The Hall–Kier alpha value is 0.730. The van der Waals surface area contributed by atoms with Gasteiger partial charge in [-0.25, -0.2) is 1.33 Å². The Balaban J connectivity index is 3.61. The molecule has 0 aromatic carbocycles. The molecule has 0 rings (SSSR count). The molecular formula is C3H6I2N2O. The van der Waals surface area contributed by atoms with Gasteiger partial charge in [-0.05, 0) is 6.92 Å². The molecule has 0 atom stereocenters. The monoisotopic (exact) mass is 340 g/mol. The maximum Gasteiger partial charge on any atom is 0.159 e. The maximum atomic E-state index is 4.50. The number of rotatable bonds is 1. The van der Waals surface area contributed by atoms with Crippen LogP contribution in [0.2, 0.25) is 0 Å². The summed E-state index contributed by atoms with van der Waals surface area (Å²) < 4.78 is 1.82. The van der Waals surface area contributed by atoms with E-state index in [0.717, 1.165) is 5.84 Å². The van der Waals surface area contributed by atoms with Gasteiger partial charge in [-0.1, -0.05) is 5.16 Å². The van der Waals surface area contributed by atoms with Crippen molar-refractivity contribution in [3.05, 3.63) is 0 Å². The largest absolute Gasteiger partial charge is 0.398 e. The average molecular weight is 340 g/mol. The van der Waals surface area contributed by atoms with Crippen LogP contribution in [-0.4, -0.2) is 14.3 Å². The van der Waals surface area contributed by atoms with E-state index in [-0.39, 0.29) is 0 Å². The van der Waals surface area contributed by atoms with Gasteiger partial charge in [0, 0.05) is 0 Å². The van der Waals surface area contributed by atoms with E-state index in [0.29, 0.717) is 0 Å². The van der Waals surface area contributed by atoms with Gasteiger partial charge >= 0.3 is 0 Å². The third kappa shape index (κ3) is 3.70. The molecule has 0 spiro atoms. The summed E-state index contributed by atoms with van der Waals surface area (Å²) in [6.07, 6.45) is 0. The van der Waals surface area contributed by atoms with Crippen molar-refractivity contribution in [3.63, 3.8) is 0 Å². The molecule has 0 N–H and O–H groups in total. The van der Waals surface area contributed by atoms with Crippen molar-refractivity contribution < 1.29 is 4.84 Å². The SMILES string of the molecule is CO/N=C(/C)N(I)I. The van der Waals surface area contributed by atoms with Gasteiger partial charge in [0.1, 0.15) is 7.11 Å². The topological polar surface area (TPSA) is 24.8 Å². The molecule has 0 saturated carbocycles. The molecule has 0 aliphatic heterocycles. The van der Waals surface area contributed by atoms with Gasteiger partial charge in [-0.15, -0.1) is 0 Å². The predicted octanol–water partition coefficient (Wildman–Crippen LogP) is 1.97. The van der Waals surface area contributed by atoms with Crippen molar-refractivity contribution in [1.29, 1.82) is 0 Å². The Morgan fingerprint density at radius 2 is 2.12 bits per heavy atom. The van der Waals surface area contributed by atoms with Crippen LogP contribution in [0.4, 0.5) is 0 Å². The van der Waals surface area contributed by atoms with E-state index < -0.39 is 0 Å². The summed E-state index contributed by atoms with van der Waals surface area (Å²) in [4.78, 5) is 4.50. The standard InChI is InChI=1S/C3H6I2N2O/c1-3(6-8-2)7(4)5/h1-2H3/b6-3-. The molecule has 0 aromatic rings. The van der Waals surface area contributed by atoms with Crippen molar-refractivity contribution in [3.8, 4) is 0 Å². The summed E-state index contributed by atoms with van der Waals surface area (Å²) in [6.45, 7) is 1.86. The van der Waals surface area contributed by atoms with Gasteiger partial charge in [0.15, 0.2) is 5.84 Å². The Kier molecular flexibility index (Phi) is 5.01. The summed E-state index contributed by atoms with van der Waals surface area (Å²) in [6, 6.07) is 0. The highest BCUT2D eigenvalue weighted by Crippen LogP contribution is 2.07. The first kappa shape index (κ1) is 8.73. The molecule has 0 saturated heterocycles. The van der Waals surface area contributed by atoms with Crippen LogP contribution >= 0.6 is 45.7 Å². The number of nitrogens with zero attached hydrogens (tertiary/aromatic N) is 2. The van der Waals surface area contributed by atoms with Crippen LogP contribution in [0.3, 0.4) is 0 Å². The lowest BCUT2D eigenvalue weighted by Gasteiger charge is -2.02. The van der Waals surface area contributed by atoms with E-state index in [2.05, 4.69) is 55.7 Å². The number of amidine groups is 1. The third-order valence-electron chi connectivity index (χ3n) is 0.468. The Morgan fingerprint density at radius 3 is 2.25 bits per heavy atom. The molecule has 0 unspecified atom stereocenters. The van der Waals surface area contributed by atoms with Crippen LogP contribution < -0.4 is 0 Å². The van der Waals surface area contributed by atoms with Crippen molar-refractivity contribution >= 4 is 51.6 Å². The van der Waals surface area contributed by atoms with Gasteiger partial charge in [-0.3, -0.25) is 0 Å². The quantitative estimate of drug-likeness (QED) is 0.240. The van der Waals surface area contributed by atoms with Gasteiger partial charge in [0.25, 0.3) is 0 Å².